The van der Waals surface area contributed by atoms with Gasteiger partial charge in [0.25, 0.3) is 11.1 Å². The van der Waals surface area contributed by atoms with Crippen LogP contribution in [0.15, 0.2) is 88.5 Å². The van der Waals surface area contributed by atoms with E-state index in [0.29, 0.717) is 40.2 Å². The number of anilines is 2. The van der Waals surface area contributed by atoms with Crippen LogP contribution in [0.5, 0.6) is 5.75 Å². The first kappa shape index (κ1) is 24.0. The van der Waals surface area contributed by atoms with Crippen molar-refractivity contribution in [2.75, 3.05) is 17.7 Å². The van der Waals surface area contributed by atoms with E-state index >= 15 is 0 Å². The van der Waals surface area contributed by atoms with E-state index in [1.165, 1.54) is 11.8 Å². The SMILES string of the molecule is COc1ccccc1NC(=O)c1ccc(NC(=O)C(C)Sc2nnc(Cc3ccccc3)o2)cc1. The molecule has 2 N–H and O–H groups in total. The second-order valence-corrected chi connectivity index (χ2v) is 8.90. The number of carbonyl (C=O) groups is 2. The molecule has 1 heterocycles. The highest BCUT2D eigenvalue weighted by atomic mass is 32.2. The summed E-state index contributed by atoms with van der Waals surface area (Å²) in [7, 11) is 1.55. The molecule has 4 rings (SSSR count). The summed E-state index contributed by atoms with van der Waals surface area (Å²) in [6.45, 7) is 1.76. The molecule has 3 aromatic carbocycles. The van der Waals surface area contributed by atoms with Crippen molar-refractivity contribution in [3.8, 4) is 5.75 Å². The lowest BCUT2D eigenvalue weighted by atomic mass is 10.2. The molecular formula is C26H24N4O4S. The Morgan fingerprint density at radius 2 is 1.66 bits per heavy atom. The summed E-state index contributed by atoms with van der Waals surface area (Å²) in [5.74, 6) is 0.570. The predicted molar refractivity (Wildman–Crippen MR) is 135 cm³/mol. The Bertz CT molecular complexity index is 1290. The molecule has 0 aliphatic heterocycles. The van der Waals surface area contributed by atoms with Crippen molar-refractivity contribution in [2.24, 2.45) is 0 Å². The molecule has 4 aromatic rings. The standard InChI is InChI=1S/C26H24N4O4S/c1-17(35-26-30-29-23(34-26)16-18-8-4-3-5-9-18)24(31)27-20-14-12-19(13-15-20)25(32)28-21-10-6-7-11-22(21)33-2/h3-15,17H,16H2,1-2H3,(H,27,31)(H,28,32). The summed E-state index contributed by atoms with van der Waals surface area (Å²) in [4.78, 5) is 25.2. The fourth-order valence-electron chi connectivity index (χ4n) is 3.22. The summed E-state index contributed by atoms with van der Waals surface area (Å²) in [5.41, 5.74) is 2.68. The Balaban J connectivity index is 1.30. The van der Waals surface area contributed by atoms with Crippen LogP contribution in [0, 0.1) is 0 Å². The Morgan fingerprint density at radius 1 is 0.943 bits per heavy atom. The summed E-state index contributed by atoms with van der Waals surface area (Å²) in [5, 5.41) is 13.6. The number of thioether (sulfide) groups is 1. The van der Waals surface area contributed by atoms with Gasteiger partial charge in [0.1, 0.15) is 5.75 Å². The van der Waals surface area contributed by atoms with Crippen molar-refractivity contribution >= 4 is 35.0 Å². The molecule has 0 aliphatic rings. The predicted octanol–water partition coefficient (Wildman–Crippen LogP) is 5.04. The normalized spacial score (nSPS) is 11.5. The molecule has 178 valence electrons. The van der Waals surface area contributed by atoms with Crippen LogP contribution in [0.4, 0.5) is 11.4 Å². The van der Waals surface area contributed by atoms with Crippen LogP contribution in [0.1, 0.15) is 28.7 Å². The number of nitrogens with zero attached hydrogens (tertiary/aromatic N) is 2. The number of ether oxygens (including phenoxy) is 1. The number of amides is 2. The van der Waals surface area contributed by atoms with Gasteiger partial charge in [-0.05, 0) is 48.9 Å². The quantitative estimate of drug-likeness (QED) is 0.318. The molecule has 1 atom stereocenters. The molecule has 1 aromatic heterocycles. The third kappa shape index (κ3) is 6.48. The van der Waals surface area contributed by atoms with Crippen molar-refractivity contribution in [2.45, 2.75) is 23.8 Å². The summed E-state index contributed by atoms with van der Waals surface area (Å²) >= 11 is 1.19. The molecule has 2 amide bonds. The number of methoxy groups -OCH3 is 1. The number of hydrogen-bond donors (Lipinski definition) is 2. The minimum atomic E-state index is -0.464. The number of rotatable bonds is 9. The molecular weight excluding hydrogens is 464 g/mol. The molecule has 0 bridgehead atoms. The third-order valence-electron chi connectivity index (χ3n) is 5.06. The molecule has 35 heavy (non-hydrogen) atoms. The van der Waals surface area contributed by atoms with Crippen LogP contribution in [-0.4, -0.2) is 34.4 Å². The van der Waals surface area contributed by atoms with Gasteiger partial charge in [0.05, 0.1) is 24.5 Å². The number of aromatic nitrogens is 2. The fraction of sp³-hybridized carbons (Fsp3) is 0.154. The molecule has 0 radical (unpaired) electrons. The largest absolute Gasteiger partial charge is 0.495 e. The van der Waals surface area contributed by atoms with E-state index in [1.807, 2.05) is 42.5 Å². The van der Waals surface area contributed by atoms with Gasteiger partial charge in [0.2, 0.25) is 11.8 Å². The van der Waals surface area contributed by atoms with Gasteiger partial charge in [-0.3, -0.25) is 9.59 Å². The average molecular weight is 489 g/mol. The topological polar surface area (TPSA) is 106 Å². The third-order valence-corrected chi connectivity index (χ3v) is 6.00. The minimum Gasteiger partial charge on any atom is -0.495 e. The van der Waals surface area contributed by atoms with Crippen molar-refractivity contribution < 1.29 is 18.7 Å². The maximum atomic E-state index is 12.6. The molecule has 0 saturated heterocycles. The average Bonchev–Trinajstić information content (AvgIpc) is 3.31. The summed E-state index contributed by atoms with van der Waals surface area (Å²) in [6, 6.07) is 23.6. The van der Waals surface area contributed by atoms with Crippen molar-refractivity contribution in [1.82, 2.24) is 10.2 Å². The molecule has 9 heteroatoms. The highest BCUT2D eigenvalue weighted by Crippen LogP contribution is 2.25. The van der Waals surface area contributed by atoms with E-state index in [2.05, 4.69) is 20.8 Å². The van der Waals surface area contributed by atoms with Crippen molar-refractivity contribution in [3.63, 3.8) is 0 Å². The second kappa shape index (κ2) is 11.3. The fourth-order valence-corrected chi connectivity index (χ4v) is 3.92. The summed E-state index contributed by atoms with van der Waals surface area (Å²) < 4.78 is 10.9. The molecule has 0 saturated carbocycles. The van der Waals surface area contributed by atoms with E-state index in [0.717, 1.165) is 5.56 Å². The number of benzene rings is 3. The van der Waals surface area contributed by atoms with Crippen LogP contribution < -0.4 is 15.4 Å². The highest BCUT2D eigenvalue weighted by molar-refractivity contribution is 8.00. The second-order valence-electron chi connectivity index (χ2n) is 7.61. The van der Waals surface area contributed by atoms with Gasteiger partial charge < -0.3 is 19.8 Å². The van der Waals surface area contributed by atoms with Crippen LogP contribution in [0.25, 0.3) is 0 Å². The maximum absolute atomic E-state index is 12.6. The van der Waals surface area contributed by atoms with Crippen molar-refractivity contribution in [3.05, 3.63) is 95.9 Å². The lowest BCUT2D eigenvalue weighted by Gasteiger charge is -2.11. The molecule has 0 aliphatic carbocycles. The monoisotopic (exact) mass is 488 g/mol. The van der Waals surface area contributed by atoms with Gasteiger partial charge in [0, 0.05) is 11.3 Å². The number of nitrogens with one attached hydrogen (secondary N) is 2. The minimum absolute atomic E-state index is 0.218. The zero-order valence-corrected chi connectivity index (χ0v) is 20.0. The van der Waals surface area contributed by atoms with Gasteiger partial charge in [-0.15, -0.1) is 10.2 Å². The Morgan fingerprint density at radius 3 is 2.40 bits per heavy atom. The Labute approximate surface area is 207 Å². The first-order chi connectivity index (χ1) is 17.0. The lowest BCUT2D eigenvalue weighted by molar-refractivity contribution is -0.115. The van der Waals surface area contributed by atoms with Gasteiger partial charge in [0.15, 0.2) is 0 Å². The van der Waals surface area contributed by atoms with Crippen LogP contribution in [0.2, 0.25) is 0 Å². The first-order valence-electron chi connectivity index (χ1n) is 10.9. The Hall–Kier alpha value is -4.11. The van der Waals surface area contributed by atoms with Crippen molar-refractivity contribution in [1.29, 1.82) is 0 Å². The molecule has 1 unspecified atom stereocenters. The van der Waals surface area contributed by atoms with Gasteiger partial charge in [-0.1, -0.05) is 54.2 Å². The van der Waals surface area contributed by atoms with E-state index in [-0.39, 0.29) is 11.8 Å². The molecule has 0 fully saturated rings. The zero-order chi connectivity index (χ0) is 24.6. The van der Waals surface area contributed by atoms with E-state index in [9.17, 15) is 9.59 Å². The summed E-state index contributed by atoms with van der Waals surface area (Å²) in [6.07, 6.45) is 0.534. The zero-order valence-electron chi connectivity index (χ0n) is 19.2. The van der Waals surface area contributed by atoms with E-state index in [4.69, 9.17) is 9.15 Å². The van der Waals surface area contributed by atoms with Crippen LogP contribution in [0.3, 0.4) is 0 Å². The smallest absolute Gasteiger partial charge is 0.277 e. The number of hydrogen-bond acceptors (Lipinski definition) is 7. The van der Waals surface area contributed by atoms with E-state index in [1.54, 1.807) is 50.4 Å². The number of para-hydroxylation sites is 2. The van der Waals surface area contributed by atoms with Gasteiger partial charge in [-0.25, -0.2) is 0 Å². The number of carbonyl (C=O) groups excluding carboxylic acids is 2. The molecule has 0 spiro atoms. The van der Waals surface area contributed by atoms with Gasteiger partial charge >= 0.3 is 0 Å². The van der Waals surface area contributed by atoms with Crippen LogP contribution >= 0.6 is 11.8 Å². The van der Waals surface area contributed by atoms with Crippen LogP contribution in [-0.2, 0) is 11.2 Å². The lowest BCUT2D eigenvalue weighted by Crippen LogP contribution is -2.22. The maximum Gasteiger partial charge on any atom is 0.277 e. The molecule has 8 nitrogen and oxygen atoms in total. The highest BCUT2D eigenvalue weighted by Gasteiger charge is 2.19. The van der Waals surface area contributed by atoms with E-state index < -0.39 is 5.25 Å². The first-order valence-corrected chi connectivity index (χ1v) is 11.8. The Kier molecular flexibility index (Phi) is 7.79. The van der Waals surface area contributed by atoms with Gasteiger partial charge in [-0.2, -0.15) is 0 Å².